The fourth-order valence-electron chi connectivity index (χ4n) is 2.01. The molecule has 134 valence electrons. The molecule has 0 aliphatic rings. The zero-order valence-electron chi connectivity index (χ0n) is 13.1. The number of hydrogen-bond acceptors (Lipinski definition) is 5. The van der Waals surface area contributed by atoms with E-state index in [0.717, 1.165) is 5.56 Å². The molecule has 1 rings (SSSR count). The standard InChI is InChI=1S/C13H19FN4O4S2/c1-11-4-6-13(7-5-11)24(21,22)17-9-2-3-12(23(14,19)20)8-10-16-18-15/h4-7,12,17H,2-3,8-10H2,1H3. The van der Waals surface area contributed by atoms with Crippen LogP contribution in [-0.4, -0.2) is 35.2 Å². The number of hydrogen-bond donors (Lipinski definition) is 1. The van der Waals surface area contributed by atoms with Gasteiger partial charge in [0, 0.05) is 18.0 Å². The Balaban J connectivity index is 2.55. The highest BCUT2D eigenvalue weighted by atomic mass is 32.3. The summed E-state index contributed by atoms with van der Waals surface area (Å²) in [6, 6.07) is 6.25. The fourth-order valence-corrected chi connectivity index (χ4v) is 3.92. The van der Waals surface area contributed by atoms with Crippen molar-refractivity contribution in [2.45, 2.75) is 36.3 Å². The second-order valence-corrected chi connectivity index (χ2v) is 8.58. The van der Waals surface area contributed by atoms with Crippen molar-refractivity contribution in [3.8, 4) is 0 Å². The number of halogens is 1. The van der Waals surface area contributed by atoms with Gasteiger partial charge in [-0.3, -0.25) is 0 Å². The summed E-state index contributed by atoms with van der Waals surface area (Å²) in [4.78, 5) is 2.58. The molecule has 0 aliphatic carbocycles. The number of azide groups is 1. The lowest BCUT2D eigenvalue weighted by Crippen LogP contribution is -2.26. The molecular weight excluding hydrogens is 359 g/mol. The summed E-state index contributed by atoms with van der Waals surface area (Å²) in [7, 11) is -8.47. The number of rotatable bonds is 10. The molecule has 0 amide bonds. The molecule has 0 bridgehead atoms. The van der Waals surface area contributed by atoms with Gasteiger partial charge in [-0.1, -0.05) is 22.8 Å². The van der Waals surface area contributed by atoms with E-state index >= 15 is 0 Å². The van der Waals surface area contributed by atoms with E-state index in [2.05, 4.69) is 14.7 Å². The van der Waals surface area contributed by atoms with Crippen molar-refractivity contribution in [1.29, 1.82) is 0 Å². The van der Waals surface area contributed by atoms with Crippen LogP contribution in [0.3, 0.4) is 0 Å². The van der Waals surface area contributed by atoms with E-state index in [1.807, 2.05) is 6.92 Å². The molecule has 11 heteroatoms. The van der Waals surface area contributed by atoms with Crippen molar-refractivity contribution in [2.24, 2.45) is 5.11 Å². The molecule has 0 saturated carbocycles. The van der Waals surface area contributed by atoms with Crippen molar-refractivity contribution in [3.63, 3.8) is 0 Å². The molecule has 1 unspecified atom stereocenters. The molecule has 0 heterocycles. The minimum atomic E-state index is -4.78. The van der Waals surface area contributed by atoms with Crippen LogP contribution in [0.1, 0.15) is 24.8 Å². The van der Waals surface area contributed by atoms with Gasteiger partial charge in [-0.15, -0.1) is 3.89 Å². The number of aryl methyl sites for hydroxylation is 1. The van der Waals surface area contributed by atoms with Gasteiger partial charge < -0.3 is 0 Å². The van der Waals surface area contributed by atoms with Gasteiger partial charge in [0.25, 0.3) is 0 Å². The van der Waals surface area contributed by atoms with Crippen LogP contribution in [0.4, 0.5) is 3.89 Å². The van der Waals surface area contributed by atoms with Crippen LogP contribution in [-0.2, 0) is 20.2 Å². The zero-order chi connectivity index (χ0) is 18.2. The van der Waals surface area contributed by atoms with E-state index < -0.39 is 25.5 Å². The van der Waals surface area contributed by atoms with Gasteiger partial charge in [-0.05, 0) is 43.9 Å². The first-order valence-electron chi connectivity index (χ1n) is 7.17. The first-order chi connectivity index (χ1) is 11.2. The van der Waals surface area contributed by atoms with Crippen LogP contribution in [0, 0.1) is 6.92 Å². The minimum absolute atomic E-state index is 0.0241. The van der Waals surface area contributed by atoms with Crippen molar-refractivity contribution in [2.75, 3.05) is 13.1 Å². The van der Waals surface area contributed by atoms with Gasteiger partial charge in [-0.25, -0.2) is 13.1 Å². The second-order valence-electron chi connectivity index (χ2n) is 5.19. The number of sulfonamides is 1. The van der Waals surface area contributed by atoms with Gasteiger partial charge in [0.05, 0.1) is 10.1 Å². The Bertz CT molecular complexity index is 788. The fraction of sp³-hybridized carbons (Fsp3) is 0.538. The average molecular weight is 378 g/mol. The Morgan fingerprint density at radius 2 is 1.83 bits per heavy atom. The largest absolute Gasteiger partial charge is 0.305 e. The third-order valence-electron chi connectivity index (χ3n) is 3.34. The minimum Gasteiger partial charge on any atom is -0.211 e. The third kappa shape index (κ3) is 6.83. The highest BCUT2D eigenvalue weighted by Crippen LogP contribution is 2.15. The summed E-state index contributed by atoms with van der Waals surface area (Å²) >= 11 is 0. The monoisotopic (exact) mass is 378 g/mol. The zero-order valence-corrected chi connectivity index (χ0v) is 14.7. The van der Waals surface area contributed by atoms with E-state index in [-0.39, 0.29) is 37.2 Å². The summed E-state index contributed by atoms with van der Waals surface area (Å²) in [5, 5.41) is 1.86. The van der Waals surface area contributed by atoms with Gasteiger partial charge in [0.15, 0.2) is 0 Å². The van der Waals surface area contributed by atoms with Crippen molar-refractivity contribution >= 4 is 20.2 Å². The molecule has 0 radical (unpaired) electrons. The number of nitrogens with zero attached hydrogens (tertiary/aromatic N) is 3. The molecule has 0 saturated heterocycles. The molecule has 0 fully saturated rings. The molecule has 24 heavy (non-hydrogen) atoms. The van der Waals surface area contributed by atoms with Crippen molar-refractivity contribution in [1.82, 2.24) is 4.72 Å². The second kappa shape index (κ2) is 8.97. The maximum Gasteiger partial charge on any atom is 0.305 e. The molecule has 0 aromatic heterocycles. The molecule has 1 aromatic carbocycles. The van der Waals surface area contributed by atoms with Crippen molar-refractivity contribution in [3.05, 3.63) is 40.3 Å². The van der Waals surface area contributed by atoms with E-state index in [4.69, 9.17) is 5.53 Å². The Morgan fingerprint density at radius 1 is 1.21 bits per heavy atom. The van der Waals surface area contributed by atoms with E-state index in [9.17, 15) is 20.7 Å². The van der Waals surface area contributed by atoms with Gasteiger partial charge in [0.2, 0.25) is 10.0 Å². The Labute approximate surface area is 141 Å². The molecular formula is C13H19FN4O4S2. The van der Waals surface area contributed by atoms with Crippen LogP contribution in [0.25, 0.3) is 10.4 Å². The molecule has 8 nitrogen and oxygen atoms in total. The lowest BCUT2D eigenvalue weighted by Gasteiger charge is -2.12. The van der Waals surface area contributed by atoms with Gasteiger partial charge in [-0.2, -0.15) is 8.42 Å². The van der Waals surface area contributed by atoms with Gasteiger partial charge in [0.1, 0.15) is 0 Å². The molecule has 1 N–H and O–H groups in total. The average Bonchev–Trinajstić information content (AvgIpc) is 2.49. The normalized spacial score (nSPS) is 13.2. The first kappa shape index (κ1) is 20.4. The summed E-state index contributed by atoms with van der Waals surface area (Å²) in [6.45, 7) is 1.67. The highest BCUT2D eigenvalue weighted by molar-refractivity contribution is 7.89. The molecule has 1 atom stereocenters. The number of benzene rings is 1. The summed E-state index contributed by atoms with van der Waals surface area (Å²) in [6.07, 6.45) is -0.0843. The number of nitrogens with one attached hydrogen (secondary N) is 1. The van der Waals surface area contributed by atoms with E-state index in [1.165, 1.54) is 12.1 Å². The Kier molecular flexibility index (Phi) is 7.61. The topological polar surface area (TPSA) is 129 Å². The van der Waals surface area contributed by atoms with Crippen LogP contribution >= 0.6 is 0 Å². The summed E-state index contributed by atoms with van der Waals surface area (Å²) in [5.74, 6) is 0. The third-order valence-corrected chi connectivity index (χ3v) is 6.08. The van der Waals surface area contributed by atoms with Gasteiger partial charge >= 0.3 is 10.2 Å². The summed E-state index contributed by atoms with van der Waals surface area (Å²) in [5.41, 5.74) is 9.07. The molecule has 0 spiro atoms. The SMILES string of the molecule is Cc1ccc(S(=O)(=O)NCCCC(CCN=[N+]=[N-])S(=O)(=O)F)cc1. The van der Waals surface area contributed by atoms with Crippen molar-refractivity contribution < 1.29 is 20.7 Å². The molecule has 1 aromatic rings. The predicted molar refractivity (Wildman–Crippen MR) is 88.0 cm³/mol. The smallest absolute Gasteiger partial charge is 0.211 e. The lowest BCUT2D eigenvalue weighted by molar-refractivity contribution is 0.512. The van der Waals surface area contributed by atoms with E-state index in [1.54, 1.807) is 12.1 Å². The van der Waals surface area contributed by atoms with E-state index in [0.29, 0.717) is 0 Å². The quantitative estimate of drug-likeness (QED) is 0.220. The Hall–Kier alpha value is -1.68. The van der Waals surface area contributed by atoms with Crippen LogP contribution in [0.2, 0.25) is 0 Å². The highest BCUT2D eigenvalue weighted by Gasteiger charge is 2.24. The van der Waals surface area contributed by atoms with Crippen LogP contribution in [0.5, 0.6) is 0 Å². The first-order valence-corrected chi connectivity index (χ1v) is 10.1. The summed E-state index contributed by atoms with van der Waals surface area (Å²) < 4.78 is 61.6. The maximum atomic E-state index is 13.1. The van der Waals surface area contributed by atoms with Crippen LogP contribution in [0.15, 0.2) is 34.3 Å². The molecule has 0 aliphatic heterocycles. The predicted octanol–water partition coefficient (Wildman–Crippen LogP) is 2.42. The lowest BCUT2D eigenvalue weighted by atomic mass is 10.2. The van der Waals surface area contributed by atoms with Crippen LogP contribution < -0.4 is 4.72 Å². The maximum absolute atomic E-state index is 13.1. The Morgan fingerprint density at radius 3 is 2.38 bits per heavy atom.